The van der Waals surface area contributed by atoms with Gasteiger partial charge in [-0.05, 0) is 18.2 Å². The Morgan fingerprint density at radius 3 is 2.57 bits per heavy atom. The zero-order valence-corrected chi connectivity index (χ0v) is 16.0. The Morgan fingerprint density at radius 1 is 1.13 bits per heavy atom. The second-order valence-electron chi connectivity index (χ2n) is 6.73. The van der Waals surface area contributed by atoms with E-state index in [9.17, 15) is 22.4 Å². The molecule has 3 aromatic rings. The Bertz CT molecular complexity index is 1150. The standard InChI is InChI=1S/C21H14ClF4NO3/c22-17-8-15(21(24,25)26)10-27(19(17)28)9-13-6-16(23)7-14-11-29-20(30-18(13)14)12-4-2-1-3-5-12/h1-8,10,20H,9,11H2. The fourth-order valence-electron chi connectivity index (χ4n) is 3.22. The molecule has 0 fully saturated rings. The molecular weight excluding hydrogens is 426 g/mol. The lowest BCUT2D eigenvalue weighted by molar-refractivity contribution is -0.138. The molecule has 0 amide bonds. The average molecular weight is 440 g/mol. The highest BCUT2D eigenvalue weighted by atomic mass is 35.5. The Hall–Kier alpha value is -2.84. The van der Waals surface area contributed by atoms with Crippen LogP contribution in [0.4, 0.5) is 17.6 Å². The van der Waals surface area contributed by atoms with Gasteiger partial charge < -0.3 is 14.0 Å². The molecule has 1 unspecified atom stereocenters. The van der Waals surface area contributed by atoms with Crippen LogP contribution in [0.25, 0.3) is 0 Å². The zero-order valence-electron chi connectivity index (χ0n) is 15.2. The number of hydrogen-bond acceptors (Lipinski definition) is 3. The van der Waals surface area contributed by atoms with Crippen molar-refractivity contribution in [2.75, 3.05) is 0 Å². The van der Waals surface area contributed by atoms with Gasteiger partial charge in [-0.2, -0.15) is 13.2 Å². The van der Waals surface area contributed by atoms with Crippen molar-refractivity contribution >= 4 is 11.6 Å². The van der Waals surface area contributed by atoms with E-state index in [1.807, 2.05) is 6.07 Å². The molecule has 2 heterocycles. The number of aromatic nitrogens is 1. The van der Waals surface area contributed by atoms with Crippen LogP contribution in [0, 0.1) is 5.82 Å². The predicted octanol–water partition coefficient (Wildman–Crippen LogP) is 5.32. The molecule has 1 aliphatic heterocycles. The highest BCUT2D eigenvalue weighted by Crippen LogP contribution is 2.37. The van der Waals surface area contributed by atoms with E-state index in [1.165, 1.54) is 6.07 Å². The summed E-state index contributed by atoms with van der Waals surface area (Å²) in [7, 11) is 0. The van der Waals surface area contributed by atoms with E-state index in [0.29, 0.717) is 17.8 Å². The summed E-state index contributed by atoms with van der Waals surface area (Å²) < 4.78 is 65.8. The number of fused-ring (bicyclic) bond motifs is 1. The van der Waals surface area contributed by atoms with E-state index in [0.717, 1.165) is 16.2 Å². The molecule has 0 N–H and O–H groups in total. The smallest absolute Gasteiger partial charge is 0.417 e. The van der Waals surface area contributed by atoms with Gasteiger partial charge in [0.1, 0.15) is 16.6 Å². The summed E-state index contributed by atoms with van der Waals surface area (Å²) in [5, 5.41) is -0.582. The molecule has 156 valence electrons. The van der Waals surface area contributed by atoms with Crippen LogP contribution in [-0.2, 0) is 24.1 Å². The zero-order chi connectivity index (χ0) is 21.5. The Balaban J connectivity index is 1.74. The third kappa shape index (κ3) is 4.06. The maximum atomic E-state index is 14.1. The van der Waals surface area contributed by atoms with Gasteiger partial charge in [0, 0.05) is 22.9 Å². The van der Waals surface area contributed by atoms with Crippen LogP contribution >= 0.6 is 11.6 Å². The highest BCUT2D eigenvalue weighted by molar-refractivity contribution is 6.30. The second kappa shape index (κ2) is 7.77. The van der Waals surface area contributed by atoms with Crippen molar-refractivity contribution in [2.45, 2.75) is 25.6 Å². The third-order valence-corrected chi connectivity index (χ3v) is 4.88. The van der Waals surface area contributed by atoms with Crippen LogP contribution in [0.5, 0.6) is 5.75 Å². The first-order valence-electron chi connectivity index (χ1n) is 8.84. The molecule has 30 heavy (non-hydrogen) atoms. The predicted molar refractivity (Wildman–Crippen MR) is 101 cm³/mol. The molecule has 0 saturated carbocycles. The monoisotopic (exact) mass is 439 g/mol. The minimum Gasteiger partial charge on any atom is -0.460 e. The van der Waals surface area contributed by atoms with Gasteiger partial charge in [-0.3, -0.25) is 4.79 Å². The maximum absolute atomic E-state index is 14.1. The van der Waals surface area contributed by atoms with Gasteiger partial charge in [-0.15, -0.1) is 0 Å². The summed E-state index contributed by atoms with van der Waals surface area (Å²) in [4.78, 5) is 12.3. The number of alkyl halides is 3. The summed E-state index contributed by atoms with van der Waals surface area (Å²) in [5.74, 6) is -0.364. The molecule has 0 aliphatic carbocycles. The number of pyridine rings is 1. The van der Waals surface area contributed by atoms with Gasteiger partial charge >= 0.3 is 6.18 Å². The molecule has 4 nitrogen and oxygen atoms in total. The molecule has 1 aromatic heterocycles. The number of ether oxygens (including phenoxy) is 2. The summed E-state index contributed by atoms with van der Waals surface area (Å²) in [6.07, 6.45) is -4.81. The van der Waals surface area contributed by atoms with E-state index in [4.69, 9.17) is 21.1 Å². The largest absolute Gasteiger partial charge is 0.460 e. The first-order chi connectivity index (χ1) is 14.2. The molecule has 0 spiro atoms. The molecule has 1 atom stereocenters. The van der Waals surface area contributed by atoms with Gasteiger partial charge in [0.15, 0.2) is 0 Å². The van der Waals surface area contributed by atoms with E-state index in [-0.39, 0.29) is 24.5 Å². The third-order valence-electron chi connectivity index (χ3n) is 4.60. The summed E-state index contributed by atoms with van der Waals surface area (Å²) in [5.41, 5.74) is -0.592. The van der Waals surface area contributed by atoms with Crippen molar-refractivity contribution in [3.8, 4) is 5.75 Å². The lowest BCUT2D eigenvalue weighted by Gasteiger charge is -2.28. The molecule has 2 aromatic carbocycles. The first kappa shape index (κ1) is 20.4. The van der Waals surface area contributed by atoms with E-state index in [1.54, 1.807) is 24.3 Å². The van der Waals surface area contributed by atoms with Crippen molar-refractivity contribution in [1.29, 1.82) is 0 Å². The summed E-state index contributed by atoms with van der Waals surface area (Å²) >= 11 is 5.71. The molecule has 0 radical (unpaired) electrons. The number of nitrogens with zero attached hydrogens (tertiary/aromatic N) is 1. The highest BCUT2D eigenvalue weighted by Gasteiger charge is 2.32. The van der Waals surface area contributed by atoms with Crippen molar-refractivity contribution in [2.24, 2.45) is 0 Å². The van der Waals surface area contributed by atoms with Crippen molar-refractivity contribution in [3.63, 3.8) is 0 Å². The number of halogens is 5. The Kier molecular flexibility index (Phi) is 5.29. The SMILES string of the molecule is O=c1c(Cl)cc(C(F)(F)F)cn1Cc1cc(F)cc2c1OC(c1ccccc1)OC2. The molecule has 0 bridgehead atoms. The van der Waals surface area contributed by atoms with Crippen molar-refractivity contribution in [3.05, 3.63) is 98.2 Å². The van der Waals surface area contributed by atoms with Gasteiger partial charge in [0.25, 0.3) is 5.56 Å². The maximum Gasteiger partial charge on any atom is 0.417 e. The van der Waals surface area contributed by atoms with Crippen LogP contribution in [0.3, 0.4) is 0 Å². The number of benzene rings is 2. The van der Waals surface area contributed by atoms with Crippen LogP contribution < -0.4 is 10.3 Å². The minimum atomic E-state index is -4.69. The molecule has 1 aliphatic rings. The summed E-state index contributed by atoms with van der Waals surface area (Å²) in [6.45, 7) is -0.317. The lowest BCUT2D eigenvalue weighted by Crippen LogP contribution is -2.25. The fraction of sp³-hybridized carbons (Fsp3) is 0.190. The van der Waals surface area contributed by atoms with E-state index >= 15 is 0 Å². The van der Waals surface area contributed by atoms with Gasteiger partial charge in [0.2, 0.25) is 6.29 Å². The van der Waals surface area contributed by atoms with Crippen LogP contribution in [0.1, 0.15) is 28.5 Å². The summed E-state index contributed by atoms with van der Waals surface area (Å²) in [6, 6.07) is 11.9. The molecule has 0 saturated heterocycles. The number of hydrogen-bond donors (Lipinski definition) is 0. The number of rotatable bonds is 3. The minimum absolute atomic E-state index is 0.0396. The van der Waals surface area contributed by atoms with Crippen molar-refractivity contribution in [1.82, 2.24) is 4.57 Å². The topological polar surface area (TPSA) is 40.5 Å². The van der Waals surface area contributed by atoms with E-state index in [2.05, 4.69) is 0 Å². The molecule has 9 heteroatoms. The van der Waals surface area contributed by atoms with Crippen LogP contribution in [-0.4, -0.2) is 4.57 Å². The van der Waals surface area contributed by atoms with Crippen LogP contribution in [0.15, 0.2) is 59.5 Å². The van der Waals surface area contributed by atoms with Crippen LogP contribution in [0.2, 0.25) is 5.02 Å². The Morgan fingerprint density at radius 2 is 1.87 bits per heavy atom. The average Bonchev–Trinajstić information content (AvgIpc) is 2.70. The first-order valence-corrected chi connectivity index (χ1v) is 9.22. The lowest BCUT2D eigenvalue weighted by atomic mass is 10.1. The van der Waals surface area contributed by atoms with Crippen molar-refractivity contribution < 1.29 is 27.0 Å². The van der Waals surface area contributed by atoms with Gasteiger partial charge in [-0.25, -0.2) is 4.39 Å². The molecule has 4 rings (SSSR count). The quantitative estimate of drug-likeness (QED) is 0.519. The van der Waals surface area contributed by atoms with Gasteiger partial charge in [0.05, 0.1) is 18.7 Å². The van der Waals surface area contributed by atoms with Gasteiger partial charge in [-0.1, -0.05) is 41.9 Å². The van der Waals surface area contributed by atoms with E-state index < -0.39 is 34.4 Å². The molecular formula is C21H14ClF4NO3. The second-order valence-corrected chi connectivity index (χ2v) is 7.14. The Labute approximate surface area is 173 Å². The normalized spacial score (nSPS) is 16.1. The fourth-order valence-corrected chi connectivity index (χ4v) is 3.45.